The normalized spacial score (nSPS) is 10.9. The molecule has 1 nitrogen and oxygen atoms in total. The molecule has 1 aromatic carbocycles. The quantitative estimate of drug-likeness (QED) is 0.690. The molecule has 0 atom stereocenters. The van der Waals surface area contributed by atoms with E-state index in [9.17, 15) is 13.2 Å². The Morgan fingerprint density at radius 3 is 2.35 bits per heavy atom. The van der Waals surface area contributed by atoms with Crippen LogP contribution in [-0.4, -0.2) is 4.98 Å². The molecule has 0 spiro atoms. The van der Waals surface area contributed by atoms with Crippen LogP contribution in [0.2, 0.25) is 0 Å². The fourth-order valence-electron chi connectivity index (χ4n) is 1.71. The molecule has 2 rings (SSSR count). The first-order valence-electron chi connectivity index (χ1n) is 6.55. The van der Waals surface area contributed by atoms with E-state index in [1.54, 1.807) is 6.07 Å². The molecule has 0 fully saturated rings. The minimum atomic E-state index is -4.31. The molecule has 110 valence electrons. The van der Waals surface area contributed by atoms with Gasteiger partial charge < -0.3 is 0 Å². The van der Waals surface area contributed by atoms with Gasteiger partial charge in [0.25, 0.3) is 0 Å². The lowest BCUT2D eigenvalue weighted by molar-refractivity contribution is -0.137. The highest BCUT2D eigenvalue weighted by Crippen LogP contribution is 2.34. The first-order valence-corrected chi connectivity index (χ1v) is 7.37. The average Bonchev–Trinajstić information content (AvgIpc) is 2.81. The third-order valence-electron chi connectivity index (χ3n) is 2.66. The second-order valence-corrected chi connectivity index (χ2v) is 5.16. The summed E-state index contributed by atoms with van der Waals surface area (Å²) in [5.74, 6) is 0. The van der Waals surface area contributed by atoms with Crippen molar-refractivity contribution in [2.24, 2.45) is 0 Å². The molecule has 2 aromatic rings. The SMILES string of the molecule is CC.CCc1nc(-c2cccc(C(F)(F)F)c2)sc1C. The van der Waals surface area contributed by atoms with Gasteiger partial charge in [0.05, 0.1) is 11.3 Å². The Bertz CT molecular complexity index is 558. The van der Waals surface area contributed by atoms with Gasteiger partial charge in [-0.1, -0.05) is 32.9 Å². The summed E-state index contributed by atoms with van der Waals surface area (Å²) in [7, 11) is 0. The van der Waals surface area contributed by atoms with Crippen LogP contribution >= 0.6 is 11.3 Å². The topological polar surface area (TPSA) is 12.9 Å². The lowest BCUT2D eigenvalue weighted by atomic mass is 10.1. The second kappa shape index (κ2) is 6.88. The average molecular weight is 301 g/mol. The summed E-state index contributed by atoms with van der Waals surface area (Å²) in [4.78, 5) is 5.43. The maximum Gasteiger partial charge on any atom is 0.416 e. The van der Waals surface area contributed by atoms with Gasteiger partial charge in [-0.25, -0.2) is 4.98 Å². The molecular formula is C15H18F3NS. The van der Waals surface area contributed by atoms with E-state index in [2.05, 4.69) is 4.98 Å². The predicted octanol–water partition coefficient (Wildman–Crippen LogP) is 5.73. The van der Waals surface area contributed by atoms with E-state index >= 15 is 0 Å². The summed E-state index contributed by atoms with van der Waals surface area (Å²) in [5.41, 5.74) is 0.843. The van der Waals surface area contributed by atoms with E-state index in [0.29, 0.717) is 10.6 Å². The first-order chi connectivity index (χ1) is 9.41. The molecule has 0 bridgehead atoms. The van der Waals surface area contributed by atoms with E-state index in [4.69, 9.17) is 0 Å². The molecule has 1 aromatic heterocycles. The zero-order chi connectivity index (χ0) is 15.3. The minimum absolute atomic E-state index is 0.526. The van der Waals surface area contributed by atoms with Crippen LogP contribution in [0.4, 0.5) is 13.2 Å². The maximum atomic E-state index is 12.6. The maximum absolute atomic E-state index is 12.6. The summed E-state index contributed by atoms with van der Waals surface area (Å²) in [6.07, 6.45) is -3.52. The van der Waals surface area contributed by atoms with E-state index in [0.717, 1.165) is 29.1 Å². The molecule has 20 heavy (non-hydrogen) atoms. The van der Waals surface area contributed by atoms with Gasteiger partial charge >= 0.3 is 6.18 Å². The largest absolute Gasteiger partial charge is 0.416 e. The lowest BCUT2D eigenvalue weighted by Gasteiger charge is -2.07. The van der Waals surface area contributed by atoms with Crippen molar-refractivity contribution in [1.29, 1.82) is 0 Å². The molecule has 0 aliphatic rings. The Hall–Kier alpha value is -1.36. The zero-order valence-corrected chi connectivity index (χ0v) is 12.8. The molecule has 0 amide bonds. The molecule has 0 aliphatic carbocycles. The van der Waals surface area contributed by atoms with Crippen LogP contribution in [0.1, 0.15) is 36.9 Å². The molecule has 0 N–H and O–H groups in total. The van der Waals surface area contributed by atoms with Crippen LogP contribution in [0.15, 0.2) is 24.3 Å². The van der Waals surface area contributed by atoms with Gasteiger partial charge in [0.15, 0.2) is 0 Å². The molecule has 0 aliphatic heterocycles. The van der Waals surface area contributed by atoms with Crippen molar-refractivity contribution in [2.75, 3.05) is 0 Å². The van der Waals surface area contributed by atoms with Crippen molar-refractivity contribution < 1.29 is 13.2 Å². The van der Waals surface area contributed by atoms with Crippen LogP contribution in [0.25, 0.3) is 10.6 Å². The third-order valence-corrected chi connectivity index (χ3v) is 3.73. The highest BCUT2D eigenvalue weighted by atomic mass is 32.1. The van der Waals surface area contributed by atoms with E-state index in [1.807, 2.05) is 27.7 Å². The summed E-state index contributed by atoms with van der Waals surface area (Å²) in [5, 5.41) is 0.649. The Labute approximate surface area is 121 Å². The molecule has 0 unspecified atom stereocenters. The second-order valence-electron chi connectivity index (χ2n) is 3.95. The number of hydrogen-bond acceptors (Lipinski definition) is 2. The Morgan fingerprint density at radius 2 is 1.85 bits per heavy atom. The zero-order valence-electron chi connectivity index (χ0n) is 12.0. The van der Waals surface area contributed by atoms with Crippen molar-refractivity contribution in [3.63, 3.8) is 0 Å². The van der Waals surface area contributed by atoms with Gasteiger partial charge in [-0.15, -0.1) is 11.3 Å². The van der Waals surface area contributed by atoms with Crippen LogP contribution in [0, 0.1) is 6.92 Å². The number of alkyl halides is 3. The number of aryl methyl sites for hydroxylation is 2. The van der Waals surface area contributed by atoms with Crippen LogP contribution in [0.5, 0.6) is 0 Å². The number of nitrogens with zero attached hydrogens (tertiary/aromatic N) is 1. The number of benzene rings is 1. The van der Waals surface area contributed by atoms with Gasteiger partial charge in [0, 0.05) is 10.4 Å². The monoisotopic (exact) mass is 301 g/mol. The Morgan fingerprint density at radius 1 is 1.20 bits per heavy atom. The number of hydrogen-bond donors (Lipinski definition) is 0. The molecule has 0 saturated carbocycles. The molecule has 0 saturated heterocycles. The van der Waals surface area contributed by atoms with E-state index in [1.165, 1.54) is 17.4 Å². The van der Waals surface area contributed by atoms with Crippen molar-refractivity contribution in [3.05, 3.63) is 40.4 Å². The van der Waals surface area contributed by atoms with Crippen molar-refractivity contribution in [2.45, 2.75) is 40.3 Å². The third kappa shape index (κ3) is 3.82. The van der Waals surface area contributed by atoms with Crippen LogP contribution in [0.3, 0.4) is 0 Å². The highest BCUT2D eigenvalue weighted by molar-refractivity contribution is 7.15. The fourth-order valence-corrected chi connectivity index (χ4v) is 2.71. The van der Waals surface area contributed by atoms with Crippen molar-refractivity contribution in [3.8, 4) is 10.6 Å². The predicted molar refractivity (Wildman–Crippen MR) is 78.0 cm³/mol. The van der Waals surface area contributed by atoms with Gasteiger partial charge in [-0.05, 0) is 25.5 Å². The summed E-state index contributed by atoms with van der Waals surface area (Å²) in [6, 6.07) is 5.30. The summed E-state index contributed by atoms with van der Waals surface area (Å²) >= 11 is 1.43. The van der Waals surface area contributed by atoms with Gasteiger partial charge in [-0.2, -0.15) is 13.2 Å². The summed E-state index contributed by atoms with van der Waals surface area (Å²) in [6.45, 7) is 7.92. The standard InChI is InChI=1S/C13H12F3NS.C2H6/c1-3-11-8(2)18-12(17-11)9-5-4-6-10(7-9)13(14,15)16;1-2/h4-7H,3H2,1-2H3;1-2H3. The molecular weight excluding hydrogens is 283 g/mol. The van der Waals surface area contributed by atoms with Gasteiger partial charge in [-0.3, -0.25) is 0 Å². The highest BCUT2D eigenvalue weighted by Gasteiger charge is 2.30. The summed E-state index contributed by atoms with van der Waals surface area (Å²) < 4.78 is 37.9. The van der Waals surface area contributed by atoms with Crippen molar-refractivity contribution in [1.82, 2.24) is 4.98 Å². The molecule has 0 radical (unpaired) electrons. The van der Waals surface area contributed by atoms with E-state index in [-0.39, 0.29) is 0 Å². The van der Waals surface area contributed by atoms with Crippen LogP contribution in [-0.2, 0) is 12.6 Å². The fraction of sp³-hybridized carbons (Fsp3) is 0.400. The first kappa shape index (κ1) is 16.7. The number of thiazole rings is 1. The van der Waals surface area contributed by atoms with Crippen molar-refractivity contribution >= 4 is 11.3 Å². The van der Waals surface area contributed by atoms with Gasteiger partial charge in [0.1, 0.15) is 5.01 Å². The van der Waals surface area contributed by atoms with Gasteiger partial charge in [0.2, 0.25) is 0 Å². The number of aromatic nitrogens is 1. The minimum Gasteiger partial charge on any atom is -0.241 e. The Balaban J connectivity index is 0.000000956. The smallest absolute Gasteiger partial charge is 0.241 e. The number of rotatable bonds is 2. The molecule has 5 heteroatoms. The molecule has 1 heterocycles. The van der Waals surface area contributed by atoms with Crippen LogP contribution < -0.4 is 0 Å². The lowest BCUT2D eigenvalue weighted by Crippen LogP contribution is -2.04. The number of halogens is 3. The van der Waals surface area contributed by atoms with E-state index < -0.39 is 11.7 Å². The Kier molecular flexibility index (Phi) is 5.74.